The number of hydrogen-bond acceptors (Lipinski definition) is 2. The summed E-state index contributed by atoms with van der Waals surface area (Å²) in [5, 5.41) is 9.12. The van der Waals surface area contributed by atoms with Crippen molar-refractivity contribution in [1.82, 2.24) is 4.98 Å². The number of nitriles is 1. The van der Waals surface area contributed by atoms with Crippen LogP contribution in [-0.4, -0.2) is 4.98 Å². The molecule has 2 nitrogen and oxygen atoms in total. The summed E-state index contributed by atoms with van der Waals surface area (Å²) >= 11 is 0. The summed E-state index contributed by atoms with van der Waals surface area (Å²) in [5.41, 5.74) is 1.42. The van der Waals surface area contributed by atoms with E-state index in [1.165, 1.54) is 12.1 Å². The summed E-state index contributed by atoms with van der Waals surface area (Å²) in [4.78, 5) is 3.96. The predicted molar refractivity (Wildman–Crippen MR) is 58.1 cm³/mol. The van der Waals surface area contributed by atoms with Gasteiger partial charge in [0.15, 0.2) is 0 Å². The van der Waals surface area contributed by atoms with Gasteiger partial charge >= 0.3 is 0 Å². The molecule has 0 saturated carbocycles. The molecule has 1 atom stereocenters. The lowest BCUT2D eigenvalue weighted by atomic mass is 9.94. The molecule has 0 bridgehead atoms. The molecule has 16 heavy (non-hydrogen) atoms. The first-order valence-corrected chi connectivity index (χ1v) is 4.86. The third-order valence-electron chi connectivity index (χ3n) is 2.33. The van der Waals surface area contributed by atoms with E-state index < -0.39 is 5.92 Å². The molecule has 0 aliphatic heterocycles. The van der Waals surface area contributed by atoms with Crippen molar-refractivity contribution in [2.45, 2.75) is 5.92 Å². The lowest BCUT2D eigenvalue weighted by Crippen LogP contribution is -1.98. The van der Waals surface area contributed by atoms with Gasteiger partial charge in [0.25, 0.3) is 0 Å². The van der Waals surface area contributed by atoms with Crippen LogP contribution in [0, 0.1) is 17.1 Å². The second-order valence-electron chi connectivity index (χ2n) is 3.40. The largest absolute Gasteiger partial charge is 0.264 e. The minimum atomic E-state index is -0.468. The average molecular weight is 212 g/mol. The van der Waals surface area contributed by atoms with Gasteiger partial charge in [-0.15, -0.1) is 0 Å². The molecule has 78 valence electrons. The van der Waals surface area contributed by atoms with Crippen molar-refractivity contribution in [1.29, 1.82) is 5.26 Å². The normalized spacial score (nSPS) is 11.8. The molecule has 0 saturated heterocycles. The molecule has 0 radical (unpaired) electrons. The van der Waals surface area contributed by atoms with Gasteiger partial charge in [-0.25, -0.2) is 4.39 Å². The Hall–Kier alpha value is -2.21. The van der Waals surface area contributed by atoms with Gasteiger partial charge in [-0.1, -0.05) is 18.2 Å². The van der Waals surface area contributed by atoms with E-state index in [2.05, 4.69) is 11.1 Å². The highest BCUT2D eigenvalue weighted by Gasteiger charge is 2.13. The van der Waals surface area contributed by atoms with Crippen molar-refractivity contribution < 1.29 is 4.39 Å². The van der Waals surface area contributed by atoms with Gasteiger partial charge in [0.2, 0.25) is 0 Å². The van der Waals surface area contributed by atoms with Gasteiger partial charge in [-0.3, -0.25) is 4.98 Å². The van der Waals surface area contributed by atoms with Gasteiger partial charge in [-0.2, -0.15) is 5.26 Å². The molecule has 2 rings (SSSR count). The molecular formula is C13H9FN2. The number of rotatable bonds is 2. The van der Waals surface area contributed by atoms with Crippen LogP contribution >= 0.6 is 0 Å². The van der Waals surface area contributed by atoms with Gasteiger partial charge in [0, 0.05) is 12.4 Å². The van der Waals surface area contributed by atoms with E-state index in [0.717, 1.165) is 5.56 Å². The van der Waals surface area contributed by atoms with Crippen molar-refractivity contribution in [3.8, 4) is 6.07 Å². The molecule has 3 heteroatoms. The second kappa shape index (κ2) is 4.54. The summed E-state index contributed by atoms with van der Waals surface area (Å²) in [5.74, 6) is -0.800. The van der Waals surface area contributed by atoms with Crippen molar-refractivity contribution in [2.75, 3.05) is 0 Å². The Labute approximate surface area is 93.0 Å². The Bertz CT molecular complexity index is 517. The van der Waals surface area contributed by atoms with Crippen LogP contribution in [0.5, 0.6) is 0 Å². The van der Waals surface area contributed by atoms with E-state index in [-0.39, 0.29) is 5.82 Å². The van der Waals surface area contributed by atoms with Crippen LogP contribution in [0.1, 0.15) is 17.0 Å². The van der Waals surface area contributed by atoms with Gasteiger partial charge in [0.05, 0.1) is 12.0 Å². The number of hydrogen-bond donors (Lipinski definition) is 0. The molecule has 0 aliphatic rings. The van der Waals surface area contributed by atoms with E-state index >= 15 is 0 Å². The zero-order valence-corrected chi connectivity index (χ0v) is 8.47. The number of benzene rings is 1. The number of pyridine rings is 1. The summed E-state index contributed by atoms with van der Waals surface area (Å²) < 4.78 is 13.1. The van der Waals surface area contributed by atoms with Crippen LogP contribution in [0.4, 0.5) is 4.39 Å². The minimum absolute atomic E-state index is 0.332. The van der Waals surface area contributed by atoms with Crippen LogP contribution in [0.3, 0.4) is 0 Å². The first-order chi connectivity index (χ1) is 7.81. The van der Waals surface area contributed by atoms with Crippen LogP contribution in [0.2, 0.25) is 0 Å². The molecule has 0 amide bonds. The highest BCUT2D eigenvalue weighted by Crippen LogP contribution is 2.23. The lowest BCUT2D eigenvalue weighted by Gasteiger charge is -2.08. The smallest absolute Gasteiger partial charge is 0.123 e. The topological polar surface area (TPSA) is 36.7 Å². The predicted octanol–water partition coefficient (Wildman–Crippen LogP) is 2.88. The zero-order valence-electron chi connectivity index (χ0n) is 8.47. The molecule has 1 aromatic heterocycles. The molecule has 1 aromatic carbocycles. The fraction of sp³-hybridized carbons (Fsp3) is 0.0769. The van der Waals surface area contributed by atoms with Crippen molar-refractivity contribution in [3.05, 3.63) is 65.7 Å². The van der Waals surface area contributed by atoms with Crippen LogP contribution in [-0.2, 0) is 0 Å². The third-order valence-corrected chi connectivity index (χ3v) is 2.33. The first-order valence-electron chi connectivity index (χ1n) is 4.86. The van der Waals surface area contributed by atoms with Crippen molar-refractivity contribution in [3.63, 3.8) is 0 Å². The maximum atomic E-state index is 13.1. The van der Waals surface area contributed by atoms with Crippen molar-refractivity contribution >= 4 is 0 Å². The average Bonchev–Trinajstić information content (AvgIpc) is 2.31. The number of nitrogens with zero attached hydrogens (tertiary/aromatic N) is 2. The summed E-state index contributed by atoms with van der Waals surface area (Å²) in [6.07, 6.45) is 3.27. The van der Waals surface area contributed by atoms with Gasteiger partial charge < -0.3 is 0 Å². The maximum absolute atomic E-state index is 13.1. The summed E-state index contributed by atoms with van der Waals surface area (Å²) in [6, 6.07) is 11.8. The van der Waals surface area contributed by atoms with Gasteiger partial charge in [-0.05, 0) is 29.3 Å². The fourth-order valence-electron chi connectivity index (χ4n) is 1.57. The molecule has 0 N–H and O–H groups in total. The van der Waals surface area contributed by atoms with Gasteiger partial charge in [0.1, 0.15) is 5.82 Å². The fourth-order valence-corrected chi connectivity index (χ4v) is 1.57. The van der Waals surface area contributed by atoms with E-state index in [9.17, 15) is 4.39 Å². The Balaban J connectivity index is 2.42. The Morgan fingerprint density at radius 1 is 1.19 bits per heavy atom. The standard InChI is InChI=1S/C13H9FN2/c14-12-5-1-3-10(7-12)13(8-15)11-4-2-6-16-9-11/h1-7,9,13H. The highest BCUT2D eigenvalue weighted by atomic mass is 19.1. The Kier molecular flexibility index (Phi) is 2.93. The molecule has 0 fully saturated rings. The quantitative estimate of drug-likeness (QED) is 0.767. The molecular weight excluding hydrogens is 203 g/mol. The van der Waals surface area contributed by atoms with Crippen LogP contribution in [0.25, 0.3) is 0 Å². The van der Waals surface area contributed by atoms with E-state index in [4.69, 9.17) is 5.26 Å². The first kappa shape index (κ1) is 10.3. The molecule has 1 unspecified atom stereocenters. The minimum Gasteiger partial charge on any atom is -0.264 e. The highest BCUT2D eigenvalue weighted by molar-refractivity contribution is 5.36. The van der Waals surface area contributed by atoms with E-state index in [0.29, 0.717) is 5.56 Å². The zero-order chi connectivity index (χ0) is 11.4. The summed E-state index contributed by atoms with van der Waals surface area (Å²) in [7, 11) is 0. The Morgan fingerprint density at radius 2 is 2.00 bits per heavy atom. The SMILES string of the molecule is N#CC(c1cccnc1)c1cccc(F)c1. The van der Waals surface area contributed by atoms with Crippen molar-refractivity contribution in [2.24, 2.45) is 0 Å². The van der Waals surface area contributed by atoms with E-state index in [1.807, 2.05) is 6.07 Å². The molecule has 1 heterocycles. The third kappa shape index (κ3) is 2.06. The number of aromatic nitrogens is 1. The van der Waals surface area contributed by atoms with E-state index in [1.54, 1.807) is 30.6 Å². The molecule has 0 aliphatic carbocycles. The Morgan fingerprint density at radius 3 is 2.62 bits per heavy atom. The number of halogens is 1. The summed E-state index contributed by atoms with van der Waals surface area (Å²) in [6.45, 7) is 0. The lowest BCUT2D eigenvalue weighted by molar-refractivity contribution is 0.625. The maximum Gasteiger partial charge on any atom is 0.123 e. The molecule has 0 spiro atoms. The van der Waals surface area contributed by atoms with Crippen LogP contribution in [0.15, 0.2) is 48.8 Å². The monoisotopic (exact) mass is 212 g/mol. The van der Waals surface area contributed by atoms with Crippen LogP contribution < -0.4 is 0 Å². The second-order valence-corrected chi connectivity index (χ2v) is 3.40. The molecule has 2 aromatic rings.